The fourth-order valence-corrected chi connectivity index (χ4v) is 2.99. The summed E-state index contributed by atoms with van der Waals surface area (Å²) in [6.07, 6.45) is 5.60. The molecular weight excluding hydrogens is 252 g/mol. The fraction of sp³-hybridized carbons (Fsp3) is 0.933. The van der Waals surface area contributed by atoms with Crippen molar-refractivity contribution in [1.82, 2.24) is 15.1 Å². The lowest BCUT2D eigenvalue weighted by Crippen LogP contribution is -2.56. The van der Waals surface area contributed by atoms with Crippen molar-refractivity contribution in [3.05, 3.63) is 0 Å². The molecule has 1 aliphatic heterocycles. The van der Waals surface area contributed by atoms with Crippen LogP contribution in [0.5, 0.6) is 0 Å². The number of piperidine rings is 1. The molecule has 1 saturated heterocycles. The first-order valence-electron chi connectivity index (χ1n) is 7.87. The van der Waals surface area contributed by atoms with Gasteiger partial charge in [0.15, 0.2) is 0 Å². The van der Waals surface area contributed by atoms with Gasteiger partial charge in [0.25, 0.3) is 0 Å². The predicted molar refractivity (Wildman–Crippen MR) is 81.5 cm³/mol. The summed E-state index contributed by atoms with van der Waals surface area (Å²) >= 11 is 0. The number of amides is 1. The minimum Gasteiger partial charge on any atom is -0.368 e. The highest BCUT2D eigenvalue weighted by atomic mass is 16.1. The van der Waals surface area contributed by atoms with Gasteiger partial charge in [-0.3, -0.25) is 4.79 Å². The summed E-state index contributed by atoms with van der Waals surface area (Å²) in [6.45, 7) is 5.17. The quantitative estimate of drug-likeness (QED) is 0.709. The zero-order valence-corrected chi connectivity index (χ0v) is 13.2. The average molecular weight is 282 g/mol. The van der Waals surface area contributed by atoms with E-state index in [1.54, 1.807) is 0 Å². The lowest BCUT2D eigenvalue weighted by molar-refractivity contribution is -0.124. The van der Waals surface area contributed by atoms with Gasteiger partial charge in [-0.2, -0.15) is 0 Å². The molecule has 1 atom stereocenters. The van der Waals surface area contributed by atoms with Gasteiger partial charge in [-0.1, -0.05) is 0 Å². The van der Waals surface area contributed by atoms with E-state index in [1.165, 1.54) is 25.7 Å². The summed E-state index contributed by atoms with van der Waals surface area (Å²) in [5.41, 5.74) is 5.06. The van der Waals surface area contributed by atoms with Gasteiger partial charge >= 0.3 is 0 Å². The molecular formula is C15H30N4O. The Kier molecular flexibility index (Phi) is 5.04. The topological polar surface area (TPSA) is 61.6 Å². The summed E-state index contributed by atoms with van der Waals surface area (Å²) in [4.78, 5) is 16.5. The van der Waals surface area contributed by atoms with Gasteiger partial charge < -0.3 is 20.9 Å². The van der Waals surface area contributed by atoms with Crippen molar-refractivity contribution in [2.75, 3.05) is 33.7 Å². The molecule has 2 rings (SSSR count). The van der Waals surface area contributed by atoms with Crippen LogP contribution in [-0.2, 0) is 4.79 Å². The van der Waals surface area contributed by atoms with Crippen molar-refractivity contribution < 1.29 is 4.79 Å². The van der Waals surface area contributed by atoms with Gasteiger partial charge in [0.2, 0.25) is 5.91 Å². The highest BCUT2D eigenvalue weighted by molar-refractivity contribution is 5.84. The van der Waals surface area contributed by atoms with Gasteiger partial charge in [-0.05, 0) is 66.2 Å². The number of primary amides is 1. The van der Waals surface area contributed by atoms with Crippen LogP contribution in [0.3, 0.4) is 0 Å². The van der Waals surface area contributed by atoms with E-state index in [1.807, 2.05) is 6.92 Å². The Balaban J connectivity index is 1.77. The normalized spacial score (nSPS) is 24.8. The van der Waals surface area contributed by atoms with Gasteiger partial charge in [0, 0.05) is 18.6 Å². The van der Waals surface area contributed by atoms with Crippen molar-refractivity contribution in [1.29, 1.82) is 0 Å². The van der Waals surface area contributed by atoms with Gasteiger partial charge in [-0.15, -0.1) is 0 Å². The van der Waals surface area contributed by atoms with E-state index in [4.69, 9.17) is 5.73 Å². The molecule has 5 heteroatoms. The Hall–Kier alpha value is -0.650. The molecule has 0 radical (unpaired) electrons. The van der Waals surface area contributed by atoms with Crippen LogP contribution in [0.1, 0.15) is 39.0 Å². The molecule has 1 saturated carbocycles. The smallest absolute Gasteiger partial charge is 0.237 e. The highest BCUT2D eigenvalue weighted by Crippen LogP contribution is 2.24. The number of rotatable bonds is 7. The molecule has 2 aliphatic rings. The van der Waals surface area contributed by atoms with Crippen molar-refractivity contribution >= 4 is 5.91 Å². The Morgan fingerprint density at radius 1 is 1.30 bits per heavy atom. The first-order valence-corrected chi connectivity index (χ1v) is 7.87. The number of carbonyl (C=O) groups excluding carboxylic acids is 1. The van der Waals surface area contributed by atoms with Gasteiger partial charge in [0.05, 0.1) is 5.54 Å². The molecule has 1 heterocycles. The number of hydrogen-bond donors (Lipinski definition) is 2. The zero-order valence-electron chi connectivity index (χ0n) is 13.2. The van der Waals surface area contributed by atoms with Crippen LogP contribution in [0.2, 0.25) is 0 Å². The van der Waals surface area contributed by atoms with Crippen molar-refractivity contribution in [2.24, 2.45) is 5.73 Å². The second-order valence-corrected chi connectivity index (χ2v) is 6.90. The maximum absolute atomic E-state index is 11.7. The molecule has 0 bridgehead atoms. The molecule has 5 nitrogen and oxygen atoms in total. The van der Waals surface area contributed by atoms with Crippen molar-refractivity contribution in [3.63, 3.8) is 0 Å². The number of hydrogen-bond acceptors (Lipinski definition) is 4. The fourth-order valence-electron chi connectivity index (χ4n) is 2.99. The molecule has 0 aromatic heterocycles. The van der Waals surface area contributed by atoms with E-state index in [-0.39, 0.29) is 5.91 Å². The third kappa shape index (κ3) is 4.17. The van der Waals surface area contributed by atoms with Crippen LogP contribution in [0, 0.1) is 0 Å². The number of nitrogens with one attached hydrogen (secondary N) is 1. The summed E-state index contributed by atoms with van der Waals surface area (Å²) < 4.78 is 0. The first kappa shape index (κ1) is 15.7. The Morgan fingerprint density at radius 3 is 2.35 bits per heavy atom. The minimum atomic E-state index is -0.542. The summed E-state index contributed by atoms with van der Waals surface area (Å²) in [5, 5.41) is 3.42. The second kappa shape index (κ2) is 6.41. The second-order valence-electron chi connectivity index (χ2n) is 6.90. The van der Waals surface area contributed by atoms with E-state index in [2.05, 4.69) is 29.2 Å². The summed E-state index contributed by atoms with van der Waals surface area (Å²) in [5.74, 6) is -0.215. The molecule has 0 aromatic rings. The third-order valence-electron chi connectivity index (χ3n) is 4.86. The number of likely N-dealkylation sites (tertiary alicyclic amines) is 1. The number of nitrogens with zero attached hydrogens (tertiary/aromatic N) is 2. The Morgan fingerprint density at radius 2 is 1.90 bits per heavy atom. The Labute approximate surface area is 122 Å². The largest absolute Gasteiger partial charge is 0.368 e. The van der Waals surface area contributed by atoms with Crippen LogP contribution in [0.15, 0.2) is 0 Å². The van der Waals surface area contributed by atoms with Crippen LogP contribution in [0.25, 0.3) is 0 Å². The van der Waals surface area contributed by atoms with Crippen LogP contribution in [0.4, 0.5) is 0 Å². The maximum atomic E-state index is 11.7. The molecule has 1 aliphatic carbocycles. The average Bonchev–Trinajstić information content (AvgIpc) is 3.20. The van der Waals surface area contributed by atoms with Crippen LogP contribution in [-0.4, -0.2) is 67.1 Å². The van der Waals surface area contributed by atoms with E-state index in [9.17, 15) is 4.79 Å². The zero-order chi connectivity index (χ0) is 14.8. The van der Waals surface area contributed by atoms with E-state index >= 15 is 0 Å². The molecule has 0 aromatic carbocycles. The number of nitrogens with two attached hydrogens (primary N) is 1. The van der Waals surface area contributed by atoms with Gasteiger partial charge in [0.1, 0.15) is 0 Å². The minimum absolute atomic E-state index is 0.215. The molecule has 0 spiro atoms. The number of carbonyl (C=O) groups is 1. The van der Waals surface area contributed by atoms with Crippen molar-refractivity contribution in [2.45, 2.75) is 56.7 Å². The summed E-state index contributed by atoms with van der Waals surface area (Å²) in [6, 6.07) is 1.21. The van der Waals surface area contributed by atoms with E-state index in [0.717, 1.165) is 26.1 Å². The lowest BCUT2D eigenvalue weighted by Gasteiger charge is -2.37. The van der Waals surface area contributed by atoms with E-state index in [0.29, 0.717) is 12.1 Å². The SMILES string of the molecule is CN(C)C1CCN(CCC(C)(NC2CC2)C(N)=O)CC1. The predicted octanol–water partition coefficient (Wildman–Crippen LogP) is 0.399. The molecule has 1 amide bonds. The molecule has 1 unspecified atom stereocenters. The molecule has 2 fully saturated rings. The third-order valence-corrected chi connectivity index (χ3v) is 4.86. The highest BCUT2D eigenvalue weighted by Gasteiger charge is 2.37. The van der Waals surface area contributed by atoms with Crippen molar-refractivity contribution in [3.8, 4) is 0 Å². The first-order chi connectivity index (χ1) is 9.40. The Bertz CT molecular complexity index is 335. The monoisotopic (exact) mass is 282 g/mol. The maximum Gasteiger partial charge on any atom is 0.237 e. The standard InChI is InChI=1S/C15H30N4O/c1-15(14(16)20,17-12-4-5-12)8-11-19-9-6-13(7-10-19)18(2)3/h12-13,17H,4-11H2,1-3H3,(H2,16,20). The molecule has 116 valence electrons. The lowest BCUT2D eigenvalue weighted by atomic mass is 9.95. The van der Waals surface area contributed by atoms with Gasteiger partial charge in [-0.25, -0.2) is 0 Å². The van der Waals surface area contributed by atoms with Crippen LogP contribution < -0.4 is 11.1 Å². The molecule has 20 heavy (non-hydrogen) atoms. The summed E-state index contributed by atoms with van der Waals surface area (Å²) in [7, 11) is 4.31. The van der Waals surface area contributed by atoms with Crippen LogP contribution >= 0.6 is 0 Å². The van der Waals surface area contributed by atoms with E-state index < -0.39 is 5.54 Å². The molecule has 3 N–H and O–H groups in total.